The van der Waals surface area contributed by atoms with Gasteiger partial charge in [0.05, 0.1) is 6.10 Å². The average Bonchev–Trinajstić information content (AvgIpc) is 2.79. The van der Waals surface area contributed by atoms with E-state index in [4.69, 9.17) is 9.16 Å². The molecule has 0 aliphatic rings. The molecule has 2 aromatic carbocycles. The number of aryl methyl sites for hydroxylation is 1. The number of aromatic nitrogens is 1. The van der Waals surface area contributed by atoms with Crippen LogP contribution in [0.1, 0.15) is 38.3 Å². The van der Waals surface area contributed by atoms with Gasteiger partial charge in [0.25, 0.3) is 0 Å². The Morgan fingerprint density at radius 2 is 1.62 bits per heavy atom. The van der Waals surface area contributed by atoms with Crippen LogP contribution in [-0.4, -0.2) is 26.0 Å². The Morgan fingerprint density at radius 1 is 0.971 bits per heavy atom. The van der Waals surface area contributed by atoms with Crippen LogP contribution in [0.25, 0.3) is 11.1 Å². The Balaban J connectivity index is 1.69. The molecule has 34 heavy (non-hydrogen) atoms. The van der Waals surface area contributed by atoms with Gasteiger partial charge in [0, 0.05) is 18.0 Å². The van der Waals surface area contributed by atoms with Crippen molar-refractivity contribution in [1.82, 2.24) is 4.98 Å². The molecule has 0 spiro atoms. The van der Waals surface area contributed by atoms with Gasteiger partial charge in [0.15, 0.2) is 8.32 Å². The lowest BCUT2D eigenvalue weighted by Crippen LogP contribution is -2.45. The van der Waals surface area contributed by atoms with Crippen molar-refractivity contribution in [3.63, 3.8) is 0 Å². The maximum absolute atomic E-state index is 13.9. The van der Waals surface area contributed by atoms with Crippen LogP contribution in [-0.2, 0) is 10.8 Å². The van der Waals surface area contributed by atoms with Gasteiger partial charge < -0.3 is 9.16 Å². The van der Waals surface area contributed by atoms with Gasteiger partial charge in [0.1, 0.15) is 24.0 Å². The zero-order chi connectivity index (χ0) is 24.9. The summed E-state index contributed by atoms with van der Waals surface area (Å²) in [5, 5.41) is 0.0970. The Bertz CT molecular complexity index is 1060. The molecule has 0 saturated carbocycles. The van der Waals surface area contributed by atoms with Crippen molar-refractivity contribution in [3.8, 4) is 16.9 Å². The summed E-state index contributed by atoms with van der Waals surface area (Å²) in [5.74, 6) is -0.397. The third-order valence-electron chi connectivity index (χ3n) is 6.65. The molecule has 0 bridgehead atoms. The molecule has 0 N–H and O–H groups in total. The van der Waals surface area contributed by atoms with Crippen molar-refractivity contribution in [2.24, 2.45) is 0 Å². The summed E-state index contributed by atoms with van der Waals surface area (Å²) < 4.78 is 40.7. The molecule has 0 radical (unpaired) electrons. The minimum absolute atomic E-state index is 0.0303. The second kappa shape index (κ2) is 10.8. The van der Waals surface area contributed by atoms with Crippen LogP contribution >= 0.6 is 0 Å². The van der Waals surface area contributed by atoms with E-state index < -0.39 is 20.0 Å². The summed E-state index contributed by atoms with van der Waals surface area (Å²) in [7, 11) is -1.98. The largest absolute Gasteiger partial charge is 0.491 e. The number of benzene rings is 2. The highest BCUT2D eigenvalue weighted by Gasteiger charge is 2.39. The van der Waals surface area contributed by atoms with E-state index in [1.54, 1.807) is 6.20 Å². The Morgan fingerprint density at radius 3 is 2.18 bits per heavy atom. The van der Waals surface area contributed by atoms with Gasteiger partial charge in [-0.05, 0) is 84.9 Å². The normalized spacial score (nSPS) is 13.1. The predicted molar refractivity (Wildman–Crippen MR) is 137 cm³/mol. The zero-order valence-corrected chi connectivity index (χ0v) is 22.0. The lowest BCUT2D eigenvalue weighted by molar-refractivity contribution is 0.108. The first-order valence-corrected chi connectivity index (χ1v) is 14.6. The predicted octanol–water partition coefficient (Wildman–Crippen LogP) is 7.74. The molecule has 3 aromatic rings. The van der Waals surface area contributed by atoms with Gasteiger partial charge in [-0.2, -0.15) is 0 Å². The minimum Gasteiger partial charge on any atom is -0.491 e. The number of hydrogen-bond donors (Lipinski definition) is 0. The smallest absolute Gasteiger partial charge is 0.192 e. The van der Waals surface area contributed by atoms with Crippen LogP contribution in [0.3, 0.4) is 0 Å². The monoisotopic (exact) mass is 483 g/mol. The molecular formula is C28H35F2NO2Si. The summed E-state index contributed by atoms with van der Waals surface area (Å²) >= 11 is 0. The van der Waals surface area contributed by atoms with Gasteiger partial charge in [-0.15, -0.1) is 0 Å². The van der Waals surface area contributed by atoms with Crippen LogP contribution < -0.4 is 4.74 Å². The number of rotatable bonds is 9. The number of hydrogen-bond acceptors (Lipinski definition) is 3. The zero-order valence-electron chi connectivity index (χ0n) is 21.0. The van der Waals surface area contributed by atoms with Crippen molar-refractivity contribution in [2.45, 2.75) is 64.8 Å². The van der Waals surface area contributed by atoms with Crippen molar-refractivity contribution >= 4 is 8.32 Å². The quantitative estimate of drug-likeness (QED) is 0.292. The van der Waals surface area contributed by atoms with E-state index in [-0.39, 0.29) is 16.7 Å². The molecule has 0 unspecified atom stereocenters. The molecule has 0 aliphatic heterocycles. The standard InChI is InChI=1S/C28H35F2NO2Si/c1-20-26(29)16-23(17-27(20)30)22-10-13-24(14-11-22)32-19-25(33-34(5,6)28(2,3)4)12-9-21-8-7-15-31-18-21/h7-8,10-11,13-18,25H,9,12,19H2,1-6H3/t25-/m1/s1. The van der Waals surface area contributed by atoms with Gasteiger partial charge in [0.2, 0.25) is 0 Å². The number of halogens is 2. The topological polar surface area (TPSA) is 31.4 Å². The summed E-state index contributed by atoms with van der Waals surface area (Å²) in [6, 6.07) is 14.0. The summed E-state index contributed by atoms with van der Waals surface area (Å²) in [4.78, 5) is 4.21. The first kappa shape index (κ1) is 26.0. The second-order valence-electron chi connectivity index (χ2n) is 10.3. The number of nitrogens with zero attached hydrogens (tertiary/aromatic N) is 1. The fraction of sp³-hybridized carbons (Fsp3) is 0.393. The molecule has 0 amide bonds. The highest BCUT2D eigenvalue weighted by molar-refractivity contribution is 6.74. The highest BCUT2D eigenvalue weighted by Crippen LogP contribution is 2.38. The maximum Gasteiger partial charge on any atom is 0.192 e. The summed E-state index contributed by atoms with van der Waals surface area (Å²) in [6.07, 6.45) is 5.30. The molecule has 6 heteroatoms. The van der Waals surface area contributed by atoms with E-state index in [1.165, 1.54) is 24.6 Å². The van der Waals surface area contributed by atoms with Crippen molar-refractivity contribution in [3.05, 3.63) is 83.7 Å². The SMILES string of the molecule is Cc1c(F)cc(-c2ccc(OC[C@@H](CCc3cccnc3)O[Si](C)(C)C(C)(C)C)cc2)cc1F. The minimum atomic E-state index is -1.98. The number of pyridine rings is 1. The van der Waals surface area contributed by atoms with Crippen LogP contribution in [0.2, 0.25) is 18.1 Å². The fourth-order valence-corrected chi connectivity index (χ4v) is 4.76. The van der Waals surface area contributed by atoms with E-state index >= 15 is 0 Å². The molecule has 0 fully saturated rings. The average molecular weight is 484 g/mol. The van der Waals surface area contributed by atoms with Crippen molar-refractivity contribution in [1.29, 1.82) is 0 Å². The van der Waals surface area contributed by atoms with Gasteiger partial charge >= 0.3 is 0 Å². The maximum atomic E-state index is 13.9. The first-order valence-electron chi connectivity index (χ1n) is 11.7. The van der Waals surface area contributed by atoms with E-state index in [1.807, 2.05) is 36.5 Å². The van der Waals surface area contributed by atoms with Gasteiger partial charge in [-0.1, -0.05) is 39.0 Å². The van der Waals surface area contributed by atoms with E-state index in [0.717, 1.165) is 18.4 Å². The lowest BCUT2D eigenvalue weighted by atomic mass is 10.0. The molecule has 3 rings (SSSR count). The Hall–Kier alpha value is -2.57. The van der Waals surface area contributed by atoms with Crippen LogP contribution in [0, 0.1) is 18.6 Å². The van der Waals surface area contributed by atoms with Crippen molar-refractivity contribution < 1.29 is 17.9 Å². The van der Waals surface area contributed by atoms with E-state index in [9.17, 15) is 8.78 Å². The Labute approximate surface area is 203 Å². The first-order chi connectivity index (χ1) is 16.0. The molecular weight excluding hydrogens is 448 g/mol. The van der Waals surface area contributed by atoms with Crippen molar-refractivity contribution in [2.75, 3.05) is 6.61 Å². The molecule has 182 valence electrons. The molecule has 1 aromatic heterocycles. The summed E-state index contributed by atoms with van der Waals surface area (Å²) in [6.45, 7) is 13.1. The highest BCUT2D eigenvalue weighted by atomic mass is 28.4. The molecule has 1 atom stereocenters. The molecule has 0 saturated heterocycles. The van der Waals surface area contributed by atoms with Crippen LogP contribution in [0.5, 0.6) is 5.75 Å². The second-order valence-corrected chi connectivity index (χ2v) is 15.1. The van der Waals surface area contributed by atoms with Gasteiger partial charge in [-0.3, -0.25) is 4.98 Å². The van der Waals surface area contributed by atoms with Crippen LogP contribution in [0.4, 0.5) is 8.78 Å². The molecule has 0 aliphatic carbocycles. The third-order valence-corrected chi connectivity index (χ3v) is 11.2. The molecule has 1 heterocycles. The summed E-state index contributed by atoms with van der Waals surface area (Å²) in [5.41, 5.74) is 2.44. The third kappa shape index (κ3) is 6.73. The number of ether oxygens (including phenoxy) is 1. The van der Waals surface area contributed by atoms with E-state index in [2.05, 4.69) is 44.9 Å². The Kier molecular flexibility index (Phi) is 8.26. The van der Waals surface area contributed by atoms with Crippen LogP contribution in [0.15, 0.2) is 60.9 Å². The fourth-order valence-electron chi connectivity index (χ4n) is 3.39. The van der Waals surface area contributed by atoms with E-state index in [0.29, 0.717) is 17.9 Å². The lowest BCUT2D eigenvalue weighted by Gasteiger charge is -2.39. The van der Waals surface area contributed by atoms with Gasteiger partial charge in [-0.25, -0.2) is 8.78 Å². The molecule has 3 nitrogen and oxygen atoms in total.